The molecule has 0 bridgehead atoms. The minimum Gasteiger partial charge on any atom is -0.396 e. The topological polar surface area (TPSA) is 50.2 Å². The maximum absolute atomic E-state index is 12.9. The van der Waals surface area contributed by atoms with Gasteiger partial charge in [0.05, 0.1) is 11.9 Å². The summed E-state index contributed by atoms with van der Waals surface area (Å²) in [6.07, 6.45) is 2.65. The zero-order valence-electron chi connectivity index (χ0n) is 12.7. The van der Waals surface area contributed by atoms with Crippen molar-refractivity contribution >= 4 is 28.9 Å². The number of thioether (sulfide) groups is 1. The lowest BCUT2D eigenvalue weighted by Crippen LogP contribution is -2.41. The van der Waals surface area contributed by atoms with Gasteiger partial charge in [0.25, 0.3) is 0 Å². The zero-order chi connectivity index (χ0) is 15.7. The Bertz CT molecular complexity index is 680. The molecule has 1 atom stereocenters. The quantitative estimate of drug-likeness (QED) is 0.927. The average molecular weight is 333 g/mol. The first kappa shape index (κ1) is 15.7. The number of aromatic nitrogens is 1. The number of thiazole rings is 1. The summed E-state index contributed by atoms with van der Waals surface area (Å²) in [4.78, 5) is 17.3. The molecule has 2 aromatic rings. The number of carbonyl (C=O) groups is 1. The maximum atomic E-state index is 12.9. The van der Waals surface area contributed by atoms with E-state index in [2.05, 4.69) is 24.9 Å². The fraction of sp³-hybridized carbons (Fsp3) is 0.412. The summed E-state index contributed by atoms with van der Waals surface area (Å²) in [7, 11) is 0. The minimum absolute atomic E-state index is 0.0984. The number of hydrogen-bond acceptors (Lipinski definition) is 5. The highest BCUT2D eigenvalue weighted by Gasteiger charge is 2.42. The average Bonchev–Trinajstić information content (AvgIpc) is 3.00. The third-order valence-electron chi connectivity index (χ3n) is 4.06. The molecule has 1 aromatic carbocycles. The van der Waals surface area contributed by atoms with Crippen molar-refractivity contribution in [2.75, 3.05) is 12.4 Å². The second-order valence-electron chi connectivity index (χ2n) is 6.17. The van der Waals surface area contributed by atoms with Crippen LogP contribution in [0.15, 0.2) is 29.8 Å². The third-order valence-corrected chi connectivity index (χ3v) is 6.47. The van der Waals surface area contributed by atoms with Crippen LogP contribution in [-0.4, -0.2) is 33.5 Å². The summed E-state index contributed by atoms with van der Waals surface area (Å²) in [5.41, 5.74) is 2.90. The smallest absolute Gasteiger partial charge is 0.176 e. The summed E-state index contributed by atoms with van der Waals surface area (Å²) < 4.78 is 0. The molecule has 1 unspecified atom stereocenters. The summed E-state index contributed by atoms with van der Waals surface area (Å²) >= 11 is 3.17. The first-order valence-electron chi connectivity index (χ1n) is 7.33. The van der Waals surface area contributed by atoms with Crippen LogP contribution < -0.4 is 0 Å². The first-order valence-corrected chi connectivity index (χ1v) is 9.26. The maximum Gasteiger partial charge on any atom is 0.176 e. The van der Waals surface area contributed by atoms with E-state index in [1.54, 1.807) is 29.3 Å². The molecule has 0 aliphatic heterocycles. The normalized spacial score (nSPS) is 20.0. The van der Waals surface area contributed by atoms with Crippen molar-refractivity contribution in [3.8, 4) is 10.6 Å². The highest BCUT2D eigenvalue weighted by atomic mass is 32.2. The van der Waals surface area contributed by atoms with Gasteiger partial charge in [-0.05, 0) is 17.4 Å². The Kier molecular flexibility index (Phi) is 4.39. The standard InChI is InChI=1S/C17H19NO2S2/c1-17(2)10-13-11(14(20)15(17)21-9-7-19)4-3-5-12(13)16-18-6-8-22-16/h3-6,8,15,19H,7,9-10H2,1-2H3. The Morgan fingerprint density at radius 1 is 1.41 bits per heavy atom. The van der Waals surface area contributed by atoms with Crippen molar-refractivity contribution < 1.29 is 9.90 Å². The molecular formula is C17H19NO2S2. The van der Waals surface area contributed by atoms with E-state index in [1.165, 1.54) is 0 Å². The fourth-order valence-corrected chi connectivity index (χ4v) is 4.93. The van der Waals surface area contributed by atoms with Gasteiger partial charge in [0.15, 0.2) is 5.78 Å². The van der Waals surface area contributed by atoms with E-state index in [-0.39, 0.29) is 23.1 Å². The number of Topliss-reactive ketones (excluding diaryl/α,β-unsaturated/α-hetero) is 1. The molecule has 0 fully saturated rings. The second kappa shape index (κ2) is 6.14. The van der Waals surface area contributed by atoms with E-state index in [1.807, 2.05) is 17.5 Å². The molecule has 0 amide bonds. The molecule has 0 radical (unpaired) electrons. The van der Waals surface area contributed by atoms with E-state index in [0.29, 0.717) is 5.75 Å². The number of nitrogens with zero attached hydrogens (tertiary/aromatic N) is 1. The van der Waals surface area contributed by atoms with Gasteiger partial charge in [-0.3, -0.25) is 4.79 Å². The Balaban J connectivity index is 2.06. The molecule has 1 aliphatic rings. The number of carbonyl (C=O) groups excluding carboxylic acids is 1. The monoisotopic (exact) mass is 333 g/mol. The van der Waals surface area contributed by atoms with Crippen LogP contribution in [-0.2, 0) is 6.42 Å². The van der Waals surface area contributed by atoms with Crippen molar-refractivity contribution in [1.82, 2.24) is 4.98 Å². The second-order valence-corrected chi connectivity index (χ2v) is 8.28. The largest absolute Gasteiger partial charge is 0.396 e. The van der Waals surface area contributed by atoms with E-state index in [0.717, 1.165) is 28.1 Å². The Labute approximate surface area is 138 Å². The molecule has 1 aromatic heterocycles. The van der Waals surface area contributed by atoms with E-state index in [9.17, 15) is 4.79 Å². The summed E-state index contributed by atoms with van der Waals surface area (Å²) in [6.45, 7) is 4.39. The predicted molar refractivity (Wildman–Crippen MR) is 92.7 cm³/mol. The lowest BCUT2D eigenvalue weighted by molar-refractivity contribution is 0.0925. The first-order chi connectivity index (χ1) is 10.5. The molecule has 0 spiro atoms. The fourth-order valence-electron chi connectivity index (χ4n) is 3.08. The van der Waals surface area contributed by atoms with Gasteiger partial charge in [-0.25, -0.2) is 4.98 Å². The highest BCUT2D eigenvalue weighted by Crippen LogP contribution is 2.44. The number of ketones is 1. The van der Waals surface area contributed by atoms with Crippen LogP contribution in [0.3, 0.4) is 0 Å². The number of aliphatic hydroxyl groups is 1. The molecule has 116 valence electrons. The molecular weight excluding hydrogens is 314 g/mol. The molecule has 1 aliphatic carbocycles. The van der Waals surface area contributed by atoms with Gasteiger partial charge < -0.3 is 5.11 Å². The summed E-state index contributed by atoms with van der Waals surface area (Å²) in [6, 6.07) is 5.93. The molecule has 22 heavy (non-hydrogen) atoms. The van der Waals surface area contributed by atoms with Crippen LogP contribution in [0.25, 0.3) is 10.6 Å². The highest BCUT2D eigenvalue weighted by molar-refractivity contribution is 8.00. The van der Waals surface area contributed by atoms with Crippen molar-refractivity contribution in [2.45, 2.75) is 25.5 Å². The van der Waals surface area contributed by atoms with Gasteiger partial charge >= 0.3 is 0 Å². The van der Waals surface area contributed by atoms with Crippen LogP contribution in [0.2, 0.25) is 0 Å². The van der Waals surface area contributed by atoms with Crippen LogP contribution in [0.5, 0.6) is 0 Å². The van der Waals surface area contributed by atoms with E-state index < -0.39 is 0 Å². The molecule has 1 heterocycles. The van der Waals surface area contributed by atoms with E-state index in [4.69, 9.17) is 5.11 Å². The molecule has 1 N–H and O–H groups in total. The number of fused-ring (bicyclic) bond motifs is 1. The minimum atomic E-state index is -0.128. The number of hydrogen-bond donors (Lipinski definition) is 1. The Morgan fingerprint density at radius 2 is 2.18 bits per heavy atom. The van der Waals surface area contributed by atoms with Gasteiger partial charge in [-0.2, -0.15) is 0 Å². The van der Waals surface area contributed by atoms with Gasteiger partial charge in [0, 0.05) is 28.5 Å². The number of benzene rings is 1. The number of aliphatic hydroxyl groups excluding tert-OH is 1. The summed E-state index contributed by atoms with van der Waals surface area (Å²) in [5.74, 6) is 0.782. The van der Waals surface area contributed by atoms with Crippen molar-refractivity contribution in [3.63, 3.8) is 0 Å². The molecule has 0 saturated heterocycles. The molecule has 3 rings (SSSR count). The number of rotatable bonds is 4. The third kappa shape index (κ3) is 2.73. The predicted octanol–water partition coefficient (Wildman–Crippen LogP) is 3.67. The SMILES string of the molecule is CC1(C)Cc2c(cccc2-c2nccs2)C(=O)C1SCCO. The zero-order valence-corrected chi connectivity index (χ0v) is 14.3. The Morgan fingerprint density at radius 3 is 2.86 bits per heavy atom. The lowest BCUT2D eigenvalue weighted by Gasteiger charge is -2.38. The van der Waals surface area contributed by atoms with Gasteiger partial charge in [-0.15, -0.1) is 23.1 Å². The van der Waals surface area contributed by atoms with Crippen LogP contribution in [0.1, 0.15) is 29.8 Å². The van der Waals surface area contributed by atoms with Gasteiger partial charge in [0.2, 0.25) is 0 Å². The summed E-state index contributed by atoms with van der Waals surface area (Å²) in [5, 5.41) is 11.9. The van der Waals surface area contributed by atoms with Crippen LogP contribution in [0, 0.1) is 5.41 Å². The van der Waals surface area contributed by atoms with Crippen molar-refractivity contribution in [2.24, 2.45) is 5.41 Å². The van der Waals surface area contributed by atoms with Gasteiger partial charge in [0.1, 0.15) is 5.01 Å². The molecule has 0 saturated carbocycles. The van der Waals surface area contributed by atoms with Gasteiger partial charge in [-0.1, -0.05) is 32.0 Å². The van der Waals surface area contributed by atoms with Crippen LogP contribution in [0.4, 0.5) is 0 Å². The Hall–Kier alpha value is -1.17. The van der Waals surface area contributed by atoms with Crippen molar-refractivity contribution in [3.05, 3.63) is 40.9 Å². The molecule has 5 heteroatoms. The van der Waals surface area contributed by atoms with Crippen molar-refractivity contribution in [1.29, 1.82) is 0 Å². The molecule has 3 nitrogen and oxygen atoms in total. The van der Waals surface area contributed by atoms with E-state index >= 15 is 0 Å². The van der Waals surface area contributed by atoms with Crippen LogP contribution >= 0.6 is 23.1 Å². The lowest BCUT2D eigenvalue weighted by atomic mass is 9.72.